The minimum Gasteiger partial charge on any atom is -0.493 e. The Balaban J connectivity index is 2.16. The molecular weight excluding hydrogens is 400 g/mol. The summed E-state index contributed by atoms with van der Waals surface area (Å²) in [6, 6.07) is 11.2. The lowest BCUT2D eigenvalue weighted by molar-refractivity contribution is -0.114. The van der Waals surface area contributed by atoms with Gasteiger partial charge in [-0.15, -0.1) is 0 Å². The number of nitrogens with one attached hydrogen (secondary N) is 1. The minimum atomic E-state index is -1.14. The van der Waals surface area contributed by atoms with Crippen molar-refractivity contribution in [3.63, 3.8) is 0 Å². The van der Waals surface area contributed by atoms with Crippen LogP contribution in [-0.4, -0.2) is 36.5 Å². The maximum atomic E-state index is 12.2. The summed E-state index contributed by atoms with van der Waals surface area (Å²) in [5.74, 6) is -0.986. The summed E-state index contributed by atoms with van der Waals surface area (Å²) in [7, 11) is 1.49. The van der Waals surface area contributed by atoms with Gasteiger partial charge < -0.3 is 25.6 Å². The van der Waals surface area contributed by atoms with Crippen molar-refractivity contribution < 1.29 is 29.0 Å². The molecule has 0 unspecified atom stereocenters. The molecule has 0 aliphatic carbocycles. The van der Waals surface area contributed by atoms with E-state index in [0.717, 1.165) is 0 Å². The molecule has 0 aromatic heterocycles. The number of benzene rings is 2. The van der Waals surface area contributed by atoms with Crippen LogP contribution in [0.15, 0.2) is 59.8 Å². The van der Waals surface area contributed by atoms with Gasteiger partial charge >= 0.3 is 5.97 Å². The summed E-state index contributed by atoms with van der Waals surface area (Å²) in [4.78, 5) is 35.2. The number of Topliss-reactive ketones (excluding diaryl/α,β-unsaturated/α-hetero) is 1. The van der Waals surface area contributed by atoms with Gasteiger partial charge in [-0.05, 0) is 49.8 Å². The first kappa shape index (κ1) is 23.2. The highest BCUT2D eigenvalue weighted by molar-refractivity contribution is 6.06. The van der Waals surface area contributed by atoms with Crippen molar-refractivity contribution in [3.05, 3.63) is 70.9 Å². The van der Waals surface area contributed by atoms with Crippen LogP contribution in [0.25, 0.3) is 6.08 Å². The zero-order valence-corrected chi connectivity index (χ0v) is 17.5. The number of amides is 1. The molecule has 0 spiro atoms. The predicted octanol–water partition coefficient (Wildman–Crippen LogP) is 3.25. The first-order valence-corrected chi connectivity index (χ1v) is 9.31. The Kier molecular flexibility index (Phi) is 7.96. The average Bonchev–Trinajstić information content (AvgIpc) is 2.72. The molecule has 162 valence electrons. The number of hydrogen-bond acceptors (Lipinski definition) is 6. The van der Waals surface area contributed by atoms with Gasteiger partial charge in [0, 0.05) is 11.8 Å². The second-order valence-electron chi connectivity index (χ2n) is 6.59. The molecule has 0 radical (unpaired) electrons. The number of aromatic carboxylic acids is 1. The molecule has 0 atom stereocenters. The predicted molar refractivity (Wildman–Crippen MR) is 117 cm³/mol. The first-order chi connectivity index (χ1) is 14.7. The van der Waals surface area contributed by atoms with Crippen molar-refractivity contribution in [2.75, 3.05) is 19.0 Å². The normalized spacial score (nSPS) is 11.6. The number of rotatable bonds is 9. The van der Waals surface area contributed by atoms with E-state index in [-0.39, 0.29) is 23.6 Å². The molecule has 0 fully saturated rings. The zero-order chi connectivity index (χ0) is 23.0. The van der Waals surface area contributed by atoms with Gasteiger partial charge in [0.2, 0.25) is 5.91 Å². The van der Waals surface area contributed by atoms with Gasteiger partial charge in [-0.2, -0.15) is 0 Å². The van der Waals surface area contributed by atoms with Crippen LogP contribution in [0.1, 0.15) is 29.8 Å². The molecule has 2 aromatic rings. The fourth-order valence-electron chi connectivity index (χ4n) is 2.68. The Hall–Kier alpha value is -4.07. The summed E-state index contributed by atoms with van der Waals surface area (Å²) >= 11 is 0. The number of carboxylic acids is 1. The van der Waals surface area contributed by atoms with Gasteiger partial charge in [0.25, 0.3) is 0 Å². The second kappa shape index (κ2) is 10.6. The summed E-state index contributed by atoms with van der Waals surface area (Å²) in [6.07, 6.45) is 2.82. The van der Waals surface area contributed by atoms with Crippen molar-refractivity contribution in [1.82, 2.24) is 0 Å². The molecular formula is C23H24N2O6. The highest BCUT2D eigenvalue weighted by Gasteiger charge is 2.12. The van der Waals surface area contributed by atoms with Crippen LogP contribution in [0.2, 0.25) is 0 Å². The fourth-order valence-corrected chi connectivity index (χ4v) is 2.68. The molecule has 0 aliphatic rings. The van der Waals surface area contributed by atoms with E-state index >= 15 is 0 Å². The van der Waals surface area contributed by atoms with Crippen LogP contribution in [0.5, 0.6) is 11.5 Å². The van der Waals surface area contributed by atoms with E-state index in [9.17, 15) is 19.5 Å². The third kappa shape index (κ3) is 6.46. The van der Waals surface area contributed by atoms with E-state index in [1.807, 2.05) is 0 Å². The summed E-state index contributed by atoms with van der Waals surface area (Å²) in [5, 5.41) is 11.7. The Morgan fingerprint density at radius 1 is 1.10 bits per heavy atom. The zero-order valence-electron chi connectivity index (χ0n) is 17.5. The van der Waals surface area contributed by atoms with Gasteiger partial charge in [0.1, 0.15) is 6.61 Å². The Labute approximate surface area is 180 Å². The maximum absolute atomic E-state index is 12.2. The van der Waals surface area contributed by atoms with E-state index in [0.29, 0.717) is 28.3 Å². The van der Waals surface area contributed by atoms with E-state index in [2.05, 4.69) is 5.32 Å². The molecule has 0 saturated heterocycles. The average molecular weight is 424 g/mol. The number of carbonyl (C=O) groups excluding carboxylic acids is 2. The lowest BCUT2D eigenvalue weighted by Gasteiger charge is -2.13. The van der Waals surface area contributed by atoms with Crippen LogP contribution in [0.3, 0.4) is 0 Å². The van der Waals surface area contributed by atoms with Gasteiger partial charge in [0.05, 0.1) is 23.9 Å². The molecule has 8 nitrogen and oxygen atoms in total. The van der Waals surface area contributed by atoms with Gasteiger partial charge in [-0.25, -0.2) is 4.79 Å². The van der Waals surface area contributed by atoms with Crippen molar-refractivity contribution in [3.8, 4) is 11.5 Å². The van der Waals surface area contributed by atoms with Gasteiger partial charge in [-0.1, -0.05) is 18.2 Å². The van der Waals surface area contributed by atoms with Crippen LogP contribution in [-0.2, 0) is 9.59 Å². The first-order valence-electron chi connectivity index (χ1n) is 9.31. The molecule has 2 aromatic carbocycles. The number of para-hydroxylation sites is 1. The Bertz CT molecular complexity index is 1050. The highest BCUT2D eigenvalue weighted by atomic mass is 16.5. The molecule has 0 bridgehead atoms. The number of ether oxygens (including phenoxy) is 2. The molecule has 2 rings (SSSR count). The third-order valence-electron chi connectivity index (χ3n) is 4.30. The number of methoxy groups -OCH3 is 1. The van der Waals surface area contributed by atoms with E-state index in [1.54, 1.807) is 43.3 Å². The minimum absolute atomic E-state index is 0.00564. The Morgan fingerprint density at radius 2 is 1.81 bits per heavy atom. The van der Waals surface area contributed by atoms with E-state index < -0.39 is 11.9 Å². The fraction of sp³-hybridized carbons (Fsp3) is 0.174. The number of ketones is 1. The SMILES string of the molecule is COc1ccc(/C=C/C(=O)Nc2ccccc2C(=O)O)cc1OC/C(C(C)=O)=C(\C)N. The van der Waals surface area contributed by atoms with Crippen LogP contribution in [0, 0.1) is 0 Å². The smallest absolute Gasteiger partial charge is 0.337 e. The lowest BCUT2D eigenvalue weighted by Crippen LogP contribution is -2.14. The molecule has 8 heteroatoms. The van der Waals surface area contributed by atoms with Crippen LogP contribution < -0.4 is 20.5 Å². The van der Waals surface area contributed by atoms with Crippen molar-refractivity contribution in [1.29, 1.82) is 0 Å². The van der Waals surface area contributed by atoms with Gasteiger partial charge in [-0.3, -0.25) is 9.59 Å². The van der Waals surface area contributed by atoms with Crippen molar-refractivity contribution in [2.24, 2.45) is 5.73 Å². The summed E-state index contributed by atoms with van der Waals surface area (Å²) in [6.45, 7) is 3.01. The molecule has 0 aliphatic heterocycles. The van der Waals surface area contributed by atoms with Crippen molar-refractivity contribution >= 4 is 29.4 Å². The molecule has 1 amide bonds. The number of anilines is 1. The number of carbonyl (C=O) groups is 3. The number of hydrogen-bond donors (Lipinski definition) is 3. The second-order valence-corrected chi connectivity index (χ2v) is 6.59. The largest absolute Gasteiger partial charge is 0.493 e. The molecule has 4 N–H and O–H groups in total. The van der Waals surface area contributed by atoms with E-state index in [1.165, 1.54) is 32.2 Å². The highest BCUT2D eigenvalue weighted by Crippen LogP contribution is 2.29. The van der Waals surface area contributed by atoms with Crippen LogP contribution >= 0.6 is 0 Å². The summed E-state index contributed by atoms with van der Waals surface area (Å²) < 4.78 is 11.0. The number of allylic oxidation sites excluding steroid dienone is 1. The maximum Gasteiger partial charge on any atom is 0.337 e. The standard InChI is InChI=1S/C23H24N2O6/c1-14(24)18(15(2)26)13-31-21-12-16(8-10-20(21)30-3)9-11-22(27)25-19-7-5-4-6-17(19)23(28)29/h4-12H,13,24H2,1-3H3,(H,25,27)(H,28,29)/b11-9+,18-14-. The molecule has 31 heavy (non-hydrogen) atoms. The quantitative estimate of drug-likeness (QED) is 0.527. The van der Waals surface area contributed by atoms with Crippen molar-refractivity contribution in [2.45, 2.75) is 13.8 Å². The number of carboxylic acid groups (broad SMARTS) is 1. The summed E-state index contributed by atoms with van der Waals surface area (Å²) in [5.41, 5.74) is 7.29. The Morgan fingerprint density at radius 3 is 2.42 bits per heavy atom. The molecule has 0 saturated carbocycles. The third-order valence-corrected chi connectivity index (χ3v) is 4.30. The lowest BCUT2D eigenvalue weighted by atomic mass is 10.1. The topological polar surface area (TPSA) is 128 Å². The van der Waals surface area contributed by atoms with Gasteiger partial charge in [0.15, 0.2) is 17.3 Å². The van der Waals surface area contributed by atoms with Crippen LogP contribution in [0.4, 0.5) is 5.69 Å². The molecule has 0 heterocycles. The van der Waals surface area contributed by atoms with E-state index in [4.69, 9.17) is 15.2 Å². The number of nitrogens with two attached hydrogens (primary N) is 1. The monoisotopic (exact) mass is 424 g/mol.